The zero-order valence-electron chi connectivity index (χ0n) is 13.1. The third kappa shape index (κ3) is 3.61. The molecule has 3 unspecified atom stereocenters. The lowest BCUT2D eigenvalue weighted by Gasteiger charge is -2.30. The Morgan fingerprint density at radius 1 is 1.10 bits per heavy atom. The highest BCUT2D eigenvalue weighted by Crippen LogP contribution is 2.29. The van der Waals surface area contributed by atoms with Crippen LogP contribution in [0.3, 0.4) is 0 Å². The first kappa shape index (κ1) is 17.2. The fourth-order valence-corrected chi connectivity index (χ4v) is 4.99. The van der Waals surface area contributed by atoms with Crippen LogP contribution in [-0.4, -0.2) is 26.0 Å². The topological polar surface area (TPSA) is 46.2 Å². The van der Waals surface area contributed by atoms with Crippen molar-refractivity contribution in [3.63, 3.8) is 0 Å². The second-order valence-corrected chi connectivity index (χ2v) is 8.19. The number of hydrogen-bond donors (Lipinski definition) is 1. The minimum absolute atomic E-state index is 0.127. The van der Waals surface area contributed by atoms with E-state index in [2.05, 4.69) is 5.32 Å². The van der Waals surface area contributed by atoms with Gasteiger partial charge < -0.3 is 5.32 Å². The number of sulfone groups is 1. The van der Waals surface area contributed by atoms with Crippen LogP contribution in [0, 0.1) is 5.92 Å². The van der Waals surface area contributed by atoms with Crippen LogP contribution in [0.1, 0.15) is 45.7 Å². The van der Waals surface area contributed by atoms with Crippen LogP contribution in [0.25, 0.3) is 0 Å². The fraction of sp³-hybridized carbons (Fsp3) is 0.625. The Balaban J connectivity index is 3.17. The molecule has 0 aliphatic rings. The molecule has 0 bridgehead atoms. The summed E-state index contributed by atoms with van der Waals surface area (Å²) in [5, 5.41) is 2.47. The van der Waals surface area contributed by atoms with Gasteiger partial charge in [0.25, 0.3) is 0 Å². The molecule has 0 aromatic heterocycles. The standard InChI is InChI=1S/C16H27NO2S/c1-6-15(20(18,19)13(4)12(2)3)16(17-5)14-10-8-7-9-11-14/h7-13,15-17H,6H2,1-5H3. The molecule has 3 atom stereocenters. The molecule has 1 aromatic carbocycles. The van der Waals surface area contributed by atoms with Gasteiger partial charge in [-0.25, -0.2) is 8.42 Å². The van der Waals surface area contributed by atoms with Crippen molar-refractivity contribution < 1.29 is 8.42 Å². The SMILES string of the molecule is CCC(C(NC)c1ccccc1)S(=O)(=O)C(C)C(C)C. The molecule has 1 aromatic rings. The van der Waals surface area contributed by atoms with E-state index < -0.39 is 15.1 Å². The molecule has 0 aliphatic heterocycles. The second kappa shape index (κ2) is 7.23. The number of hydrogen-bond acceptors (Lipinski definition) is 3. The third-order valence-corrected chi connectivity index (χ3v) is 7.15. The largest absolute Gasteiger partial charge is 0.312 e. The van der Waals surface area contributed by atoms with Crippen LogP contribution in [0.5, 0.6) is 0 Å². The van der Waals surface area contributed by atoms with Crippen LogP contribution < -0.4 is 5.32 Å². The molecule has 3 nitrogen and oxygen atoms in total. The van der Waals surface area contributed by atoms with Crippen molar-refractivity contribution in [3.05, 3.63) is 35.9 Å². The molecule has 4 heteroatoms. The highest BCUT2D eigenvalue weighted by atomic mass is 32.2. The number of rotatable bonds is 7. The second-order valence-electron chi connectivity index (χ2n) is 5.66. The summed E-state index contributed by atoms with van der Waals surface area (Å²) in [5.74, 6) is 0.127. The van der Waals surface area contributed by atoms with Gasteiger partial charge in [0.2, 0.25) is 0 Å². The Labute approximate surface area is 123 Å². The minimum atomic E-state index is -3.17. The first-order valence-corrected chi connectivity index (χ1v) is 8.92. The van der Waals surface area contributed by atoms with E-state index >= 15 is 0 Å². The van der Waals surface area contributed by atoms with Gasteiger partial charge in [-0.1, -0.05) is 51.1 Å². The predicted molar refractivity (Wildman–Crippen MR) is 85.5 cm³/mol. The summed E-state index contributed by atoms with van der Waals surface area (Å²) in [5.41, 5.74) is 1.03. The molecule has 1 N–H and O–H groups in total. The number of benzene rings is 1. The Morgan fingerprint density at radius 2 is 1.65 bits per heavy atom. The van der Waals surface area contributed by atoms with Gasteiger partial charge in [-0.15, -0.1) is 0 Å². The summed E-state index contributed by atoms with van der Waals surface area (Å²) < 4.78 is 25.7. The minimum Gasteiger partial charge on any atom is -0.312 e. The Hall–Kier alpha value is -0.870. The van der Waals surface area contributed by atoms with E-state index in [1.54, 1.807) is 0 Å². The molecule has 114 valence electrons. The van der Waals surface area contributed by atoms with Crippen molar-refractivity contribution in [1.29, 1.82) is 0 Å². The van der Waals surface area contributed by atoms with E-state index in [4.69, 9.17) is 0 Å². The Kier molecular flexibility index (Phi) is 6.21. The highest BCUT2D eigenvalue weighted by molar-refractivity contribution is 7.92. The molecule has 0 heterocycles. The van der Waals surface area contributed by atoms with Crippen molar-refractivity contribution in [2.75, 3.05) is 7.05 Å². The van der Waals surface area contributed by atoms with Gasteiger partial charge in [0.15, 0.2) is 9.84 Å². The molecule has 0 spiro atoms. The van der Waals surface area contributed by atoms with Crippen molar-refractivity contribution in [2.24, 2.45) is 5.92 Å². The maximum atomic E-state index is 12.8. The van der Waals surface area contributed by atoms with Gasteiger partial charge in [-0.3, -0.25) is 0 Å². The van der Waals surface area contributed by atoms with E-state index in [0.29, 0.717) is 6.42 Å². The summed E-state index contributed by atoms with van der Waals surface area (Å²) >= 11 is 0. The summed E-state index contributed by atoms with van der Waals surface area (Å²) in [6.07, 6.45) is 0.611. The van der Waals surface area contributed by atoms with Crippen LogP contribution in [0.15, 0.2) is 30.3 Å². The summed E-state index contributed by atoms with van der Waals surface area (Å²) in [6.45, 7) is 7.70. The van der Waals surface area contributed by atoms with Gasteiger partial charge in [0, 0.05) is 6.04 Å². The molecule has 0 aliphatic carbocycles. The fourth-order valence-electron chi connectivity index (χ4n) is 2.54. The molecular weight excluding hydrogens is 270 g/mol. The van der Waals surface area contributed by atoms with E-state index in [-0.39, 0.29) is 17.2 Å². The molecule has 1 rings (SSSR count). The van der Waals surface area contributed by atoms with Gasteiger partial charge in [0.1, 0.15) is 0 Å². The van der Waals surface area contributed by atoms with Crippen LogP contribution >= 0.6 is 0 Å². The van der Waals surface area contributed by atoms with Crippen LogP contribution in [0.4, 0.5) is 0 Å². The Morgan fingerprint density at radius 3 is 2.05 bits per heavy atom. The van der Waals surface area contributed by atoms with E-state index in [9.17, 15) is 8.42 Å². The van der Waals surface area contributed by atoms with Crippen LogP contribution in [-0.2, 0) is 9.84 Å². The molecule has 0 radical (unpaired) electrons. The molecular formula is C16H27NO2S. The summed E-state index contributed by atoms with van der Waals surface area (Å²) in [6, 6.07) is 9.66. The zero-order valence-corrected chi connectivity index (χ0v) is 13.9. The first-order chi connectivity index (χ1) is 9.36. The first-order valence-electron chi connectivity index (χ1n) is 7.31. The van der Waals surface area contributed by atoms with Gasteiger partial charge in [-0.05, 0) is 31.9 Å². The normalized spacial score (nSPS) is 16.9. The quantitative estimate of drug-likeness (QED) is 0.841. The van der Waals surface area contributed by atoms with Crippen molar-refractivity contribution >= 4 is 9.84 Å². The lowest BCUT2D eigenvalue weighted by atomic mass is 10.0. The predicted octanol–water partition coefficient (Wildman–Crippen LogP) is 3.19. The summed E-state index contributed by atoms with van der Waals surface area (Å²) in [4.78, 5) is 0. The van der Waals surface area contributed by atoms with Crippen LogP contribution in [0.2, 0.25) is 0 Å². The smallest absolute Gasteiger partial charge is 0.157 e. The van der Waals surface area contributed by atoms with Crippen molar-refractivity contribution in [3.8, 4) is 0 Å². The van der Waals surface area contributed by atoms with E-state index in [1.165, 1.54) is 0 Å². The maximum Gasteiger partial charge on any atom is 0.157 e. The van der Waals surface area contributed by atoms with Crippen molar-refractivity contribution in [2.45, 2.75) is 50.7 Å². The molecule has 0 amide bonds. The maximum absolute atomic E-state index is 12.8. The lowest BCUT2D eigenvalue weighted by molar-refractivity contribution is 0.485. The number of nitrogens with one attached hydrogen (secondary N) is 1. The summed E-state index contributed by atoms with van der Waals surface area (Å²) in [7, 11) is -1.34. The van der Waals surface area contributed by atoms with E-state index in [1.807, 2.05) is 65.1 Å². The van der Waals surface area contributed by atoms with Gasteiger partial charge >= 0.3 is 0 Å². The molecule has 0 saturated heterocycles. The third-order valence-electron chi connectivity index (χ3n) is 4.12. The molecule has 20 heavy (non-hydrogen) atoms. The lowest BCUT2D eigenvalue weighted by Crippen LogP contribution is -2.41. The average molecular weight is 297 g/mol. The van der Waals surface area contributed by atoms with Gasteiger partial charge in [0.05, 0.1) is 10.5 Å². The monoisotopic (exact) mass is 297 g/mol. The molecule has 0 fully saturated rings. The van der Waals surface area contributed by atoms with Crippen molar-refractivity contribution in [1.82, 2.24) is 5.32 Å². The zero-order chi connectivity index (χ0) is 15.3. The highest BCUT2D eigenvalue weighted by Gasteiger charge is 2.37. The Bertz CT molecular complexity index is 496. The van der Waals surface area contributed by atoms with E-state index in [0.717, 1.165) is 5.56 Å². The van der Waals surface area contributed by atoms with Gasteiger partial charge in [-0.2, -0.15) is 0 Å². The molecule has 0 saturated carbocycles. The average Bonchev–Trinajstić information content (AvgIpc) is 2.44.